The highest BCUT2D eigenvalue weighted by atomic mass is 35.5. The van der Waals surface area contributed by atoms with E-state index in [9.17, 15) is 9.90 Å². The van der Waals surface area contributed by atoms with Crippen LogP contribution in [0.2, 0.25) is 16.4 Å². The summed E-state index contributed by atoms with van der Waals surface area (Å²) in [6.07, 6.45) is 3.27. The molecule has 166 valence electrons. The first-order valence-corrected chi connectivity index (χ1v) is 10.0. The second-order valence-electron chi connectivity index (χ2n) is 7.39. The lowest BCUT2D eigenvalue weighted by Gasteiger charge is -2.41. The molecule has 2 atom stereocenters. The summed E-state index contributed by atoms with van der Waals surface area (Å²) in [4.78, 5) is 14.1. The highest BCUT2D eigenvalue weighted by molar-refractivity contribution is 6.42. The molecular weight excluding hydrogens is 461 g/mol. The molecule has 1 aromatic rings. The summed E-state index contributed by atoms with van der Waals surface area (Å²) >= 11 is 12.0. The van der Waals surface area contributed by atoms with Crippen LogP contribution in [0.5, 0.6) is 0 Å². The van der Waals surface area contributed by atoms with Gasteiger partial charge in [0.25, 0.3) is 0 Å². The normalized spacial score (nSPS) is 18.9. The Bertz CT molecular complexity index is 656. The Labute approximate surface area is 194 Å². The minimum Gasteiger partial charge on any atom is -0.480 e. The number of likely N-dealkylation sites (tertiary alicyclic amines) is 1. The molecule has 11 heteroatoms. The Morgan fingerprint density at radius 3 is 2.52 bits per heavy atom. The summed E-state index contributed by atoms with van der Waals surface area (Å²) in [7, 11) is -1.36. The van der Waals surface area contributed by atoms with Gasteiger partial charge in [0.2, 0.25) is 0 Å². The zero-order valence-electron chi connectivity index (χ0n) is 16.1. The number of rotatable bonds is 9. The van der Waals surface area contributed by atoms with Crippen molar-refractivity contribution >= 4 is 61.1 Å². The Balaban J connectivity index is 0.00000392. The van der Waals surface area contributed by atoms with Crippen molar-refractivity contribution in [2.24, 2.45) is 11.7 Å². The average molecular weight is 490 g/mol. The van der Waals surface area contributed by atoms with Crippen LogP contribution in [0.1, 0.15) is 37.7 Å². The maximum Gasteiger partial charge on any atom is 0.451 e. The summed E-state index contributed by atoms with van der Waals surface area (Å²) in [5.74, 6) is -1.15. The SMILES string of the molecule is Cl.Cl.NC(CCCCB(O)O)(C(=O)O)C1CCCN(Cc2ccc(Cl)c(Cl)c2)C1. The highest BCUT2D eigenvalue weighted by Crippen LogP contribution is 2.31. The standard InChI is InChI=1S/C18H27BCl2N2O4.2ClH/c20-15-6-5-13(10-16(15)21)11-23-9-3-4-14(12-23)18(22,17(24)25)7-1-2-8-19(26)27;;/h5-6,10,14,26-27H,1-4,7-9,11-12,22H2,(H,24,25);2*1H. The van der Waals surface area contributed by atoms with Crippen molar-refractivity contribution in [1.82, 2.24) is 4.90 Å². The molecule has 0 saturated carbocycles. The van der Waals surface area contributed by atoms with Crippen molar-refractivity contribution in [3.8, 4) is 0 Å². The molecule has 6 nitrogen and oxygen atoms in total. The number of piperidine rings is 1. The molecule has 5 N–H and O–H groups in total. The maximum absolute atomic E-state index is 11.9. The number of carboxylic acid groups (broad SMARTS) is 1. The van der Waals surface area contributed by atoms with E-state index < -0.39 is 18.6 Å². The van der Waals surface area contributed by atoms with Gasteiger partial charge in [0.15, 0.2) is 0 Å². The van der Waals surface area contributed by atoms with Crippen LogP contribution in [0.25, 0.3) is 0 Å². The molecule has 1 aliphatic heterocycles. The summed E-state index contributed by atoms with van der Waals surface area (Å²) in [6, 6.07) is 5.52. The molecule has 0 bridgehead atoms. The number of carbonyl (C=O) groups is 1. The van der Waals surface area contributed by atoms with Gasteiger partial charge in [-0.15, -0.1) is 24.8 Å². The second kappa shape index (κ2) is 13.2. The quantitative estimate of drug-likeness (QED) is 0.312. The number of benzene rings is 1. The van der Waals surface area contributed by atoms with Crippen LogP contribution in [0.3, 0.4) is 0 Å². The van der Waals surface area contributed by atoms with Crippen molar-refractivity contribution in [3.63, 3.8) is 0 Å². The Kier molecular flexibility index (Phi) is 13.1. The summed E-state index contributed by atoms with van der Waals surface area (Å²) < 4.78 is 0. The lowest BCUT2D eigenvalue weighted by Crippen LogP contribution is -2.58. The van der Waals surface area contributed by atoms with Crippen LogP contribution in [0.4, 0.5) is 0 Å². The van der Waals surface area contributed by atoms with Crippen molar-refractivity contribution in [3.05, 3.63) is 33.8 Å². The zero-order valence-corrected chi connectivity index (χ0v) is 19.2. The number of carboxylic acids is 1. The van der Waals surface area contributed by atoms with Gasteiger partial charge in [-0.25, -0.2) is 0 Å². The number of nitrogens with zero attached hydrogens (tertiary/aromatic N) is 1. The molecule has 29 heavy (non-hydrogen) atoms. The van der Waals surface area contributed by atoms with Gasteiger partial charge in [0.05, 0.1) is 10.0 Å². The molecule has 2 unspecified atom stereocenters. The van der Waals surface area contributed by atoms with Crippen molar-refractivity contribution in [2.45, 2.75) is 50.5 Å². The Morgan fingerprint density at radius 1 is 1.24 bits per heavy atom. The van der Waals surface area contributed by atoms with Crippen LogP contribution in [0, 0.1) is 5.92 Å². The predicted molar refractivity (Wildman–Crippen MR) is 122 cm³/mol. The van der Waals surface area contributed by atoms with E-state index in [2.05, 4.69) is 4.90 Å². The fourth-order valence-corrected chi connectivity index (χ4v) is 4.07. The van der Waals surface area contributed by atoms with E-state index in [4.69, 9.17) is 39.0 Å². The van der Waals surface area contributed by atoms with E-state index in [1.807, 2.05) is 12.1 Å². The lowest BCUT2D eigenvalue weighted by molar-refractivity contribution is -0.147. The summed E-state index contributed by atoms with van der Waals surface area (Å²) in [6.45, 7) is 2.15. The molecule has 1 heterocycles. The summed E-state index contributed by atoms with van der Waals surface area (Å²) in [5, 5.41) is 28.6. The molecular formula is C18H29BCl4N2O4. The fourth-order valence-electron chi connectivity index (χ4n) is 3.75. The smallest absolute Gasteiger partial charge is 0.451 e. The van der Waals surface area contributed by atoms with E-state index in [0.717, 1.165) is 24.9 Å². The topological polar surface area (TPSA) is 107 Å². The number of hydrogen-bond donors (Lipinski definition) is 4. The third-order valence-electron chi connectivity index (χ3n) is 5.33. The molecule has 1 aromatic carbocycles. The average Bonchev–Trinajstić information content (AvgIpc) is 2.61. The third-order valence-corrected chi connectivity index (χ3v) is 6.06. The van der Waals surface area contributed by atoms with Gasteiger partial charge >= 0.3 is 13.1 Å². The van der Waals surface area contributed by atoms with Gasteiger partial charge in [-0.2, -0.15) is 0 Å². The zero-order chi connectivity index (χ0) is 20.0. The second-order valence-corrected chi connectivity index (χ2v) is 8.21. The molecule has 1 aliphatic rings. The molecule has 0 aliphatic carbocycles. The van der Waals surface area contributed by atoms with Gasteiger partial charge in [-0.1, -0.05) is 42.1 Å². The number of hydrogen-bond acceptors (Lipinski definition) is 5. The summed E-state index contributed by atoms with van der Waals surface area (Å²) in [5.41, 5.74) is 6.06. The maximum atomic E-state index is 11.9. The van der Waals surface area contributed by atoms with E-state index >= 15 is 0 Å². The monoisotopic (exact) mass is 488 g/mol. The van der Waals surface area contributed by atoms with Crippen LogP contribution in [0.15, 0.2) is 18.2 Å². The van der Waals surface area contributed by atoms with Gasteiger partial charge in [-0.3, -0.25) is 9.69 Å². The lowest BCUT2D eigenvalue weighted by atomic mass is 9.75. The third kappa shape index (κ3) is 8.42. The minimum absolute atomic E-state index is 0. The van der Waals surface area contributed by atoms with Crippen molar-refractivity contribution < 1.29 is 19.9 Å². The predicted octanol–water partition coefficient (Wildman–Crippen LogP) is 3.47. The molecule has 1 saturated heterocycles. The molecule has 2 rings (SSSR count). The van der Waals surface area contributed by atoms with E-state index in [1.165, 1.54) is 0 Å². The first kappa shape index (κ1) is 28.8. The van der Waals surface area contributed by atoms with Crippen LogP contribution >= 0.6 is 48.0 Å². The molecule has 1 fully saturated rings. The first-order valence-electron chi connectivity index (χ1n) is 9.27. The van der Waals surface area contributed by atoms with E-state index in [0.29, 0.717) is 42.4 Å². The van der Waals surface area contributed by atoms with Crippen LogP contribution in [-0.2, 0) is 11.3 Å². The van der Waals surface area contributed by atoms with Crippen LogP contribution in [-0.4, -0.2) is 51.8 Å². The fraction of sp³-hybridized carbons (Fsp3) is 0.611. The molecule has 0 aromatic heterocycles. The highest BCUT2D eigenvalue weighted by Gasteiger charge is 2.43. The molecule has 0 spiro atoms. The Hall–Kier alpha value is -0.245. The number of nitrogens with two attached hydrogens (primary N) is 1. The number of aliphatic carboxylic acids is 1. The van der Waals surface area contributed by atoms with Gasteiger partial charge in [0, 0.05) is 19.0 Å². The van der Waals surface area contributed by atoms with Gasteiger partial charge < -0.3 is 20.9 Å². The minimum atomic E-state index is -1.36. The van der Waals surface area contributed by atoms with Crippen LogP contribution < -0.4 is 5.73 Å². The van der Waals surface area contributed by atoms with Gasteiger partial charge in [0.1, 0.15) is 5.54 Å². The first-order chi connectivity index (χ1) is 12.7. The number of unbranched alkanes of at least 4 members (excludes halogenated alkanes) is 1. The van der Waals surface area contributed by atoms with Crippen molar-refractivity contribution in [2.75, 3.05) is 13.1 Å². The van der Waals surface area contributed by atoms with Crippen molar-refractivity contribution in [1.29, 1.82) is 0 Å². The van der Waals surface area contributed by atoms with E-state index in [1.54, 1.807) is 6.07 Å². The molecule has 0 amide bonds. The number of halogens is 4. The van der Waals surface area contributed by atoms with Gasteiger partial charge in [-0.05, 0) is 49.8 Å². The molecule has 0 radical (unpaired) electrons. The van der Waals surface area contributed by atoms with E-state index in [-0.39, 0.29) is 37.1 Å². The largest absolute Gasteiger partial charge is 0.480 e. The Morgan fingerprint density at radius 2 is 1.93 bits per heavy atom.